The van der Waals surface area contributed by atoms with E-state index in [0.29, 0.717) is 54.4 Å². The summed E-state index contributed by atoms with van der Waals surface area (Å²) in [6, 6.07) is 7.21. The molecule has 0 radical (unpaired) electrons. The summed E-state index contributed by atoms with van der Waals surface area (Å²) in [7, 11) is 0. The SMILES string of the molecule is O=C(CCc1nc(-c2cccnc2)no1)NCc1cc(Cl)c2c(c1)OCCO2. The molecule has 1 amide bonds. The van der Waals surface area contributed by atoms with Gasteiger partial charge in [-0.05, 0) is 29.8 Å². The topological polar surface area (TPSA) is 99.4 Å². The smallest absolute Gasteiger partial charge is 0.227 e. The maximum Gasteiger partial charge on any atom is 0.227 e. The Kier molecular flexibility index (Phi) is 5.38. The number of rotatable bonds is 6. The number of carbonyl (C=O) groups excluding carboxylic acids is 1. The maximum absolute atomic E-state index is 12.1. The number of amides is 1. The Morgan fingerprint density at radius 1 is 1.25 bits per heavy atom. The van der Waals surface area contributed by atoms with E-state index in [1.54, 1.807) is 24.5 Å². The van der Waals surface area contributed by atoms with Crippen LogP contribution < -0.4 is 14.8 Å². The molecule has 28 heavy (non-hydrogen) atoms. The molecule has 3 heterocycles. The van der Waals surface area contributed by atoms with Crippen molar-refractivity contribution in [3.63, 3.8) is 0 Å². The summed E-state index contributed by atoms with van der Waals surface area (Å²) in [5.74, 6) is 1.86. The lowest BCUT2D eigenvalue weighted by molar-refractivity contribution is -0.121. The molecule has 0 spiro atoms. The van der Waals surface area contributed by atoms with Crippen molar-refractivity contribution in [2.24, 2.45) is 0 Å². The van der Waals surface area contributed by atoms with E-state index in [2.05, 4.69) is 20.4 Å². The quantitative estimate of drug-likeness (QED) is 0.679. The molecule has 8 nitrogen and oxygen atoms in total. The Hall–Kier alpha value is -3.13. The van der Waals surface area contributed by atoms with Gasteiger partial charge in [-0.1, -0.05) is 16.8 Å². The third-order valence-corrected chi connectivity index (χ3v) is 4.38. The molecular weight excluding hydrogens is 384 g/mol. The van der Waals surface area contributed by atoms with Crippen molar-refractivity contribution in [2.75, 3.05) is 13.2 Å². The number of nitrogens with one attached hydrogen (secondary N) is 1. The molecule has 3 aromatic rings. The predicted molar refractivity (Wildman–Crippen MR) is 100 cm³/mol. The normalized spacial score (nSPS) is 12.6. The molecule has 2 aromatic heterocycles. The van der Waals surface area contributed by atoms with E-state index in [0.717, 1.165) is 11.1 Å². The molecule has 0 bridgehead atoms. The Morgan fingerprint density at radius 3 is 3.00 bits per heavy atom. The van der Waals surface area contributed by atoms with Crippen molar-refractivity contribution < 1.29 is 18.8 Å². The second kappa shape index (κ2) is 8.26. The Morgan fingerprint density at radius 2 is 2.14 bits per heavy atom. The van der Waals surface area contributed by atoms with Gasteiger partial charge in [-0.2, -0.15) is 4.98 Å². The number of benzene rings is 1. The number of hydrogen-bond acceptors (Lipinski definition) is 7. The van der Waals surface area contributed by atoms with Crippen LogP contribution in [0.1, 0.15) is 17.9 Å². The summed E-state index contributed by atoms with van der Waals surface area (Å²) in [6.45, 7) is 1.28. The minimum atomic E-state index is -0.132. The van der Waals surface area contributed by atoms with Crippen LogP contribution >= 0.6 is 11.6 Å². The van der Waals surface area contributed by atoms with Gasteiger partial charge in [0.15, 0.2) is 11.5 Å². The van der Waals surface area contributed by atoms with Crippen LogP contribution in [0.4, 0.5) is 0 Å². The first-order chi connectivity index (χ1) is 13.7. The Bertz CT molecular complexity index is 977. The number of carbonyl (C=O) groups is 1. The third-order valence-electron chi connectivity index (χ3n) is 4.10. The number of halogens is 1. The molecular formula is C19H17ClN4O4. The van der Waals surface area contributed by atoms with E-state index >= 15 is 0 Å². The summed E-state index contributed by atoms with van der Waals surface area (Å²) in [4.78, 5) is 20.4. The zero-order valence-corrected chi connectivity index (χ0v) is 15.6. The molecule has 1 aliphatic rings. The molecule has 144 valence electrons. The first-order valence-corrected chi connectivity index (χ1v) is 9.14. The molecule has 0 saturated carbocycles. The summed E-state index contributed by atoms with van der Waals surface area (Å²) in [6.07, 6.45) is 3.90. The Balaban J connectivity index is 1.30. The first kappa shape index (κ1) is 18.2. The van der Waals surface area contributed by atoms with Crippen molar-refractivity contribution in [3.8, 4) is 22.9 Å². The van der Waals surface area contributed by atoms with Crippen LogP contribution in [-0.4, -0.2) is 34.2 Å². The zero-order chi connectivity index (χ0) is 19.3. The third kappa shape index (κ3) is 4.23. The highest BCUT2D eigenvalue weighted by Gasteiger charge is 2.17. The highest BCUT2D eigenvalue weighted by molar-refractivity contribution is 6.32. The molecule has 0 saturated heterocycles. The highest BCUT2D eigenvalue weighted by atomic mass is 35.5. The zero-order valence-electron chi connectivity index (χ0n) is 14.9. The summed E-state index contributed by atoms with van der Waals surface area (Å²) < 4.78 is 16.2. The number of nitrogens with zero attached hydrogens (tertiary/aromatic N) is 3. The van der Waals surface area contributed by atoms with Gasteiger partial charge in [-0.25, -0.2) is 0 Å². The van der Waals surface area contributed by atoms with Crippen molar-refractivity contribution >= 4 is 17.5 Å². The Labute approximate surface area is 165 Å². The van der Waals surface area contributed by atoms with Crippen molar-refractivity contribution in [3.05, 3.63) is 53.1 Å². The van der Waals surface area contributed by atoms with Crippen molar-refractivity contribution in [1.29, 1.82) is 0 Å². The minimum Gasteiger partial charge on any atom is -0.486 e. The van der Waals surface area contributed by atoms with Gasteiger partial charge in [0, 0.05) is 37.3 Å². The van der Waals surface area contributed by atoms with E-state index in [4.69, 9.17) is 25.6 Å². The van der Waals surface area contributed by atoms with Gasteiger partial charge in [0.25, 0.3) is 0 Å². The van der Waals surface area contributed by atoms with Gasteiger partial charge in [-0.3, -0.25) is 9.78 Å². The van der Waals surface area contributed by atoms with Crippen LogP contribution in [-0.2, 0) is 17.8 Å². The number of ether oxygens (including phenoxy) is 2. The van der Waals surface area contributed by atoms with E-state index in [1.807, 2.05) is 12.1 Å². The highest BCUT2D eigenvalue weighted by Crippen LogP contribution is 2.38. The van der Waals surface area contributed by atoms with Gasteiger partial charge in [-0.15, -0.1) is 0 Å². The van der Waals surface area contributed by atoms with E-state index in [-0.39, 0.29) is 12.3 Å². The van der Waals surface area contributed by atoms with Crippen molar-refractivity contribution in [1.82, 2.24) is 20.4 Å². The predicted octanol–water partition coefficient (Wildman–Crippen LogP) is 2.81. The molecule has 0 atom stereocenters. The van der Waals surface area contributed by atoms with Crippen LogP contribution in [0.2, 0.25) is 5.02 Å². The summed E-state index contributed by atoms with van der Waals surface area (Å²) >= 11 is 6.21. The summed E-state index contributed by atoms with van der Waals surface area (Å²) in [5.41, 5.74) is 1.59. The van der Waals surface area contributed by atoms with E-state index in [1.165, 1.54) is 0 Å². The number of aryl methyl sites for hydroxylation is 1. The maximum atomic E-state index is 12.1. The van der Waals surface area contributed by atoms with E-state index < -0.39 is 0 Å². The molecule has 0 unspecified atom stereocenters. The molecule has 1 N–H and O–H groups in total. The lowest BCUT2D eigenvalue weighted by Crippen LogP contribution is -2.23. The second-order valence-electron chi connectivity index (χ2n) is 6.13. The van der Waals surface area contributed by atoms with Gasteiger partial charge in [0.2, 0.25) is 17.6 Å². The lowest BCUT2D eigenvalue weighted by atomic mass is 10.2. The average Bonchev–Trinajstić information content (AvgIpc) is 3.21. The monoisotopic (exact) mass is 400 g/mol. The average molecular weight is 401 g/mol. The molecule has 0 fully saturated rings. The van der Waals surface area contributed by atoms with E-state index in [9.17, 15) is 4.79 Å². The molecule has 1 aromatic carbocycles. The van der Waals surface area contributed by atoms with Crippen LogP contribution in [0.3, 0.4) is 0 Å². The molecule has 4 rings (SSSR count). The fraction of sp³-hybridized carbons (Fsp3) is 0.263. The van der Waals surface area contributed by atoms with Crippen LogP contribution in [0, 0.1) is 0 Å². The number of fused-ring (bicyclic) bond motifs is 1. The molecule has 0 aliphatic carbocycles. The fourth-order valence-electron chi connectivity index (χ4n) is 2.74. The van der Waals surface area contributed by atoms with Crippen LogP contribution in [0.5, 0.6) is 11.5 Å². The fourth-order valence-corrected chi connectivity index (χ4v) is 3.03. The number of aromatic nitrogens is 3. The van der Waals surface area contributed by atoms with Gasteiger partial charge in [0.05, 0.1) is 5.02 Å². The van der Waals surface area contributed by atoms with Crippen molar-refractivity contribution in [2.45, 2.75) is 19.4 Å². The lowest BCUT2D eigenvalue weighted by Gasteiger charge is -2.20. The molecule has 9 heteroatoms. The molecule has 1 aliphatic heterocycles. The minimum absolute atomic E-state index is 0.132. The number of hydrogen-bond donors (Lipinski definition) is 1. The standard InChI is InChI=1S/C19H17ClN4O4/c20-14-8-12(9-15-18(14)27-7-6-26-15)10-22-16(25)3-4-17-23-19(24-28-17)13-2-1-5-21-11-13/h1-2,5,8-9,11H,3-4,6-7,10H2,(H,22,25). The van der Waals surface area contributed by atoms with Crippen LogP contribution in [0.15, 0.2) is 41.2 Å². The largest absolute Gasteiger partial charge is 0.486 e. The van der Waals surface area contributed by atoms with Gasteiger partial charge >= 0.3 is 0 Å². The van der Waals surface area contributed by atoms with Crippen LogP contribution in [0.25, 0.3) is 11.4 Å². The second-order valence-corrected chi connectivity index (χ2v) is 6.54. The summed E-state index contributed by atoms with van der Waals surface area (Å²) in [5, 5.41) is 7.23. The van der Waals surface area contributed by atoms with Gasteiger partial charge in [0.1, 0.15) is 13.2 Å². The van der Waals surface area contributed by atoms with Gasteiger partial charge < -0.3 is 19.3 Å². The number of pyridine rings is 1. The first-order valence-electron chi connectivity index (χ1n) is 8.77.